The highest BCUT2D eigenvalue weighted by molar-refractivity contribution is 9.10. The molecular weight excluding hydrogens is 789 g/mol. The van der Waals surface area contributed by atoms with E-state index in [1.165, 1.54) is 52.9 Å². The Morgan fingerprint density at radius 2 is 1.74 bits per heavy atom. The monoisotopic (exact) mass is 826 g/mol. The summed E-state index contributed by atoms with van der Waals surface area (Å²) in [5.74, 6) is -2.27. The largest absolute Gasteiger partial charge is 0.427 e. The second-order valence-electron chi connectivity index (χ2n) is 12.5. The highest BCUT2D eigenvalue weighted by Gasteiger charge is 2.36. The van der Waals surface area contributed by atoms with E-state index < -0.39 is 60.1 Å². The molecule has 13 nitrogen and oxygen atoms in total. The van der Waals surface area contributed by atoms with Crippen LogP contribution in [0.25, 0.3) is 5.69 Å². The minimum absolute atomic E-state index is 0. The molecule has 0 radical (unpaired) electrons. The minimum atomic E-state index is -4.68. The van der Waals surface area contributed by atoms with Gasteiger partial charge in [0.2, 0.25) is 12.7 Å². The number of imide groups is 1. The van der Waals surface area contributed by atoms with Crippen molar-refractivity contribution in [2.75, 3.05) is 19.2 Å². The normalized spacial score (nSPS) is 15.0. The van der Waals surface area contributed by atoms with Gasteiger partial charge in [-0.05, 0) is 68.7 Å². The van der Waals surface area contributed by atoms with Crippen LogP contribution < -0.4 is 16.6 Å². The van der Waals surface area contributed by atoms with Crippen LogP contribution in [0.4, 0.5) is 23.9 Å². The quantitative estimate of drug-likeness (QED) is 0.147. The number of halogens is 5. The molecule has 1 aliphatic rings. The lowest BCUT2D eigenvalue weighted by Crippen LogP contribution is -2.46. The Balaban J connectivity index is 0.00000756. The van der Waals surface area contributed by atoms with E-state index in [1.54, 1.807) is 33.8 Å². The molecule has 3 N–H and O–H groups in total. The number of hydrogen-bond acceptors (Lipinski definition) is 10. The van der Waals surface area contributed by atoms with Crippen molar-refractivity contribution in [3.05, 3.63) is 97.9 Å². The Kier molecular flexibility index (Phi) is 14.0. The van der Waals surface area contributed by atoms with Crippen LogP contribution in [0.5, 0.6) is 0 Å². The third-order valence-corrected chi connectivity index (χ3v) is 9.12. The molecule has 18 heteroatoms. The van der Waals surface area contributed by atoms with Crippen molar-refractivity contribution in [2.24, 2.45) is 11.7 Å². The van der Waals surface area contributed by atoms with E-state index >= 15 is 0 Å². The summed E-state index contributed by atoms with van der Waals surface area (Å²) in [5.41, 5.74) is 5.04. The molecule has 1 aliphatic heterocycles. The lowest BCUT2D eigenvalue weighted by Gasteiger charge is -2.35. The third-order valence-electron chi connectivity index (χ3n) is 8.43. The number of fused-ring (bicyclic) bond motifs is 1. The van der Waals surface area contributed by atoms with Gasteiger partial charge < -0.3 is 25.4 Å². The van der Waals surface area contributed by atoms with E-state index in [1.807, 2.05) is 0 Å². The summed E-state index contributed by atoms with van der Waals surface area (Å²) in [5, 5.41) is 3.10. The molecule has 0 aliphatic carbocycles. The molecule has 0 bridgehead atoms. The Morgan fingerprint density at radius 1 is 1.11 bits per heavy atom. The summed E-state index contributed by atoms with van der Waals surface area (Å²) in [6, 6.07) is 7.15. The standard InChI is InChI=1S/C35H38BrF3N6O7.ClH/c1-7-19(4)41-33-42-27-16-44(30(47)22-10-13-26(36)25(15-22)35(37,38)39)20(5)14-24(27)31(48)45(33)23-11-8-21(9-12-23)29(46)43(6)34(50)52-17-51-32(49)28(40)18(2)3;/h7-13,15,18-20,28H,1,14,16-17,40H2,2-6H3,(H,41,42);1H/t19?,20-,28?;/m1./s1. The van der Waals surface area contributed by atoms with Gasteiger partial charge in [-0.1, -0.05) is 35.9 Å². The maximum atomic E-state index is 14.1. The van der Waals surface area contributed by atoms with Gasteiger partial charge in [0.1, 0.15) is 6.04 Å². The van der Waals surface area contributed by atoms with Crippen molar-refractivity contribution < 1.29 is 41.8 Å². The van der Waals surface area contributed by atoms with Crippen molar-refractivity contribution in [3.63, 3.8) is 0 Å². The van der Waals surface area contributed by atoms with Crippen LogP contribution in [0, 0.1) is 5.92 Å². The number of rotatable bonds is 10. The van der Waals surface area contributed by atoms with Crippen LogP contribution >= 0.6 is 28.3 Å². The summed E-state index contributed by atoms with van der Waals surface area (Å²) in [7, 11) is 1.18. The van der Waals surface area contributed by atoms with Gasteiger partial charge in [0, 0.05) is 40.3 Å². The lowest BCUT2D eigenvalue weighted by atomic mass is 9.98. The van der Waals surface area contributed by atoms with Gasteiger partial charge >= 0.3 is 18.2 Å². The van der Waals surface area contributed by atoms with Crippen molar-refractivity contribution in [3.8, 4) is 5.69 Å². The lowest BCUT2D eigenvalue weighted by molar-refractivity contribution is -0.154. The van der Waals surface area contributed by atoms with Gasteiger partial charge in [-0.25, -0.2) is 19.2 Å². The fourth-order valence-corrected chi connectivity index (χ4v) is 5.68. The molecular formula is C35H39BrClF3N6O7. The Bertz CT molecular complexity index is 1940. The first-order valence-corrected chi connectivity index (χ1v) is 16.8. The Hall–Kier alpha value is -4.74. The maximum absolute atomic E-state index is 14.1. The summed E-state index contributed by atoms with van der Waals surface area (Å²) in [4.78, 5) is 71.7. The molecule has 53 heavy (non-hydrogen) atoms. The fourth-order valence-electron chi connectivity index (χ4n) is 5.20. The number of amides is 3. The van der Waals surface area contributed by atoms with E-state index in [0.717, 1.165) is 6.07 Å². The van der Waals surface area contributed by atoms with Crippen LogP contribution in [0.15, 0.2) is 64.4 Å². The van der Waals surface area contributed by atoms with Gasteiger partial charge in [-0.3, -0.25) is 19.2 Å². The van der Waals surface area contributed by atoms with E-state index in [0.29, 0.717) is 16.2 Å². The number of anilines is 1. The number of nitrogens with two attached hydrogens (primary N) is 1. The molecule has 2 heterocycles. The van der Waals surface area contributed by atoms with Crippen molar-refractivity contribution >= 4 is 58.2 Å². The molecule has 2 aromatic carbocycles. The van der Waals surface area contributed by atoms with Gasteiger partial charge in [0.15, 0.2) is 0 Å². The number of hydrogen-bond donors (Lipinski definition) is 2. The number of ether oxygens (including phenoxy) is 2. The Labute approximate surface area is 317 Å². The van der Waals surface area contributed by atoms with Gasteiger partial charge in [-0.2, -0.15) is 13.2 Å². The summed E-state index contributed by atoms with van der Waals surface area (Å²) < 4.78 is 51.5. The average molecular weight is 828 g/mol. The Morgan fingerprint density at radius 3 is 2.32 bits per heavy atom. The predicted octanol–water partition coefficient (Wildman–Crippen LogP) is 5.70. The fraction of sp³-hybridized carbons (Fsp3) is 0.371. The molecule has 2 unspecified atom stereocenters. The number of alkyl halides is 3. The van der Waals surface area contributed by atoms with E-state index in [4.69, 9.17) is 15.2 Å². The number of carbonyl (C=O) groups excluding carboxylic acids is 4. The van der Waals surface area contributed by atoms with Gasteiger partial charge in [-0.15, -0.1) is 19.0 Å². The van der Waals surface area contributed by atoms with Crippen molar-refractivity contribution in [1.82, 2.24) is 19.4 Å². The number of esters is 1. The SMILES string of the molecule is C=CC(C)Nc1nc2c(c(=O)n1-c1ccc(C(=O)N(C)C(=O)OCOC(=O)C(N)C(C)C)cc1)C[C@@H](C)N(C(=O)c1ccc(Br)c(C(F)(F)F)c1)C2.Cl. The summed E-state index contributed by atoms with van der Waals surface area (Å²) >= 11 is 2.89. The zero-order chi connectivity index (χ0) is 38.7. The van der Waals surface area contributed by atoms with Crippen LogP contribution in [-0.2, 0) is 33.4 Å². The first-order chi connectivity index (χ1) is 24.3. The number of aromatic nitrogens is 2. The van der Waals surface area contributed by atoms with Crippen LogP contribution in [0.1, 0.15) is 65.2 Å². The average Bonchev–Trinajstić information content (AvgIpc) is 3.10. The second-order valence-corrected chi connectivity index (χ2v) is 13.4. The number of nitrogens with zero attached hydrogens (tertiary/aromatic N) is 4. The molecule has 0 saturated heterocycles. The first-order valence-electron chi connectivity index (χ1n) is 16.0. The number of nitrogens with one attached hydrogen (secondary N) is 1. The van der Waals surface area contributed by atoms with E-state index in [-0.39, 0.29) is 64.6 Å². The van der Waals surface area contributed by atoms with Gasteiger partial charge in [0.25, 0.3) is 17.4 Å². The zero-order valence-corrected chi connectivity index (χ0v) is 31.8. The van der Waals surface area contributed by atoms with Crippen LogP contribution in [0.2, 0.25) is 0 Å². The van der Waals surface area contributed by atoms with Crippen molar-refractivity contribution in [1.29, 1.82) is 0 Å². The van der Waals surface area contributed by atoms with Crippen LogP contribution in [-0.4, -0.2) is 75.2 Å². The molecule has 3 amide bonds. The van der Waals surface area contributed by atoms with E-state index in [2.05, 4.69) is 32.8 Å². The topological polar surface area (TPSA) is 166 Å². The molecule has 286 valence electrons. The molecule has 1 aromatic heterocycles. The number of carbonyl (C=O) groups is 4. The first kappa shape index (κ1) is 42.7. The summed E-state index contributed by atoms with van der Waals surface area (Å²) in [6.07, 6.45) is -4.12. The molecule has 0 spiro atoms. The van der Waals surface area contributed by atoms with Crippen molar-refractivity contribution in [2.45, 2.75) is 65.0 Å². The molecule has 3 aromatic rings. The van der Waals surface area contributed by atoms with E-state index in [9.17, 15) is 37.1 Å². The van der Waals surface area contributed by atoms with Gasteiger partial charge in [0.05, 0.1) is 23.5 Å². The maximum Gasteiger partial charge on any atom is 0.419 e. The smallest absolute Gasteiger partial charge is 0.419 e. The minimum Gasteiger partial charge on any atom is -0.427 e. The predicted molar refractivity (Wildman–Crippen MR) is 195 cm³/mol. The highest BCUT2D eigenvalue weighted by atomic mass is 79.9. The zero-order valence-electron chi connectivity index (χ0n) is 29.4. The van der Waals surface area contributed by atoms with Crippen LogP contribution in [0.3, 0.4) is 0 Å². The highest BCUT2D eigenvalue weighted by Crippen LogP contribution is 2.36. The molecule has 0 fully saturated rings. The molecule has 0 saturated carbocycles. The third kappa shape index (κ3) is 9.63. The molecule has 3 atom stereocenters. The number of benzene rings is 2. The summed E-state index contributed by atoms with van der Waals surface area (Å²) in [6.45, 7) is 9.78. The second kappa shape index (κ2) is 17.4. The molecule has 4 rings (SSSR count).